The number of aromatic nitrogens is 1. The lowest BCUT2D eigenvalue weighted by molar-refractivity contribution is -0.133. The highest BCUT2D eigenvalue weighted by atomic mass is 16.2. The van der Waals surface area contributed by atoms with Gasteiger partial charge in [0.15, 0.2) is 0 Å². The number of nitrogens with zero attached hydrogens (tertiary/aromatic N) is 2. The van der Waals surface area contributed by atoms with Gasteiger partial charge in [0, 0.05) is 19.6 Å². The van der Waals surface area contributed by atoms with E-state index in [2.05, 4.69) is 15.6 Å². The van der Waals surface area contributed by atoms with Gasteiger partial charge in [-0.15, -0.1) is 0 Å². The van der Waals surface area contributed by atoms with Crippen molar-refractivity contribution in [1.82, 2.24) is 15.2 Å². The molecule has 2 heterocycles. The predicted molar refractivity (Wildman–Crippen MR) is 76.5 cm³/mol. The molecule has 0 unspecified atom stereocenters. The number of piperazine rings is 1. The van der Waals surface area contributed by atoms with E-state index in [-0.39, 0.29) is 11.8 Å². The standard InChI is InChI=1S/C14H20N4O2/c1-4-15-11-7-5-6-10(17-11)12(19)18-9-8-16-13(20)14(18,2)3/h5-7H,4,8-9H2,1-3H3,(H,15,17)(H,16,20). The van der Waals surface area contributed by atoms with Crippen molar-refractivity contribution in [3.05, 3.63) is 23.9 Å². The van der Waals surface area contributed by atoms with E-state index < -0.39 is 5.54 Å². The van der Waals surface area contributed by atoms with E-state index in [0.717, 1.165) is 6.54 Å². The highest BCUT2D eigenvalue weighted by Crippen LogP contribution is 2.20. The SMILES string of the molecule is CCNc1cccc(C(=O)N2CCNC(=O)C2(C)C)n1. The fourth-order valence-electron chi connectivity index (χ4n) is 2.23. The quantitative estimate of drug-likeness (QED) is 0.859. The molecule has 6 heteroatoms. The number of pyridine rings is 1. The van der Waals surface area contributed by atoms with Gasteiger partial charge in [0.25, 0.3) is 5.91 Å². The number of carbonyl (C=O) groups is 2. The van der Waals surface area contributed by atoms with Gasteiger partial charge in [-0.05, 0) is 32.9 Å². The fourth-order valence-corrected chi connectivity index (χ4v) is 2.23. The van der Waals surface area contributed by atoms with Gasteiger partial charge in [0.05, 0.1) is 0 Å². The molecule has 108 valence electrons. The molecule has 1 saturated heterocycles. The van der Waals surface area contributed by atoms with Crippen LogP contribution in [0.1, 0.15) is 31.3 Å². The molecule has 0 saturated carbocycles. The summed E-state index contributed by atoms with van der Waals surface area (Å²) in [7, 11) is 0. The molecule has 0 radical (unpaired) electrons. The zero-order valence-corrected chi connectivity index (χ0v) is 12.1. The van der Waals surface area contributed by atoms with Crippen molar-refractivity contribution in [2.75, 3.05) is 25.0 Å². The van der Waals surface area contributed by atoms with E-state index >= 15 is 0 Å². The first-order valence-electron chi connectivity index (χ1n) is 6.78. The van der Waals surface area contributed by atoms with Crippen LogP contribution < -0.4 is 10.6 Å². The van der Waals surface area contributed by atoms with Gasteiger partial charge in [-0.2, -0.15) is 0 Å². The van der Waals surface area contributed by atoms with E-state index in [1.807, 2.05) is 13.0 Å². The number of nitrogens with one attached hydrogen (secondary N) is 2. The van der Waals surface area contributed by atoms with Crippen LogP contribution in [-0.4, -0.2) is 46.9 Å². The Bertz CT molecular complexity index is 528. The first kappa shape index (κ1) is 14.3. The molecule has 0 aromatic carbocycles. The summed E-state index contributed by atoms with van der Waals surface area (Å²) in [5.41, 5.74) is -0.503. The van der Waals surface area contributed by atoms with Gasteiger partial charge < -0.3 is 15.5 Å². The van der Waals surface area contributed by atoms with Crippen LogP contribution in [0.4, 0.5) is 5.82 Å². The first-order chi connectivity index (χ1) is 9.46. The summed E-state index contributed by atoms with van der Waals surface area (Å²) in [6, 6.07) is 5.27. The molecule has 2 rings (SSSR count). The molecule has 1 fully saturated rings. The number of amides is 2. The van der Waals surface area contributed by atoms with Crippen LogP contribution in [0, 0.1) is 0 Å². The lowest BCUT2D eigenvalue weighted by Gasteiger charge is -2.40. The summed E-state index contributed by atoms with van der Waals surface area (Å²) >= 11 is 0. The second-order valence-corrected chi connectivity index (χ2v) is 5.21. The average molecular weight is 276 g/mol. The Balaban J connectivity index is 2.26. The summed E-state index contributed by atoms with van der Waals surface area (Å²) in [5, 5.41) is 5.85. The molecule has 0 aliphatic carbocycles. The van der Waals surface area contributed by atoms with Crippen LogP contribution in [0.5, 0.6) is 0 Å². The van der Waals surface area contributed by atoms with E-state index in [9.17, 15) is 9.59 Å². The summed E-state index contributed by atoms with van der Waals surface area (Å²) in [6.45, 7) is 7.16. The van der Waals surface area contributed by atoms with E-state index in [1.165, 1.54) is 0 Å². The average Bonchev–Trinajstić information content (AvgIpc) is 2.42. The first-order valence-corrected chi connectivity index (χ1v) is 6.78. The van der Waals surface area contributed by atoms with Gasteiger partial charge in [-0.1, -0.05) is 6.07 Å². The van der Waals surface area contributed by atoms with Crippen molar-refractivity contribution in [3.8, 4) is 0 Å². The Hall–Kier alpha value is -2.11. The minimum atomic E-state index is -0.856. The molecule has 1 aliphatic rings. The molecule has 1 aromatic rings. The zero-order chi connectivity index (χ0) is 14.8. The predicted octanol–water partition coefficient (Wildman–Crippen LogP) is 0.864. The van der Waals surface area contributed by atoms with Crippen LogP contribution in [0.15, 0.2) is 18.2 Å². The summed E-state index contributed by atoms with van der Waals surface area (Å²) in [6.07, 6.45) is 0. The fraction of sp³-hybridized carbons (Fsp3) is 0.500. The maximum Gasteiger partial charge on any atom is 0.273 e. The molecule has 1 aromatic heterocycles. The maximum atomic E-state index is 12.6. The molecular formula is C14H20N4O2. The molecule has 2 N–H and O–H groups in total. The van der Waals surface area contributed by atoms with Gasteiger partial charge in [0.2, 0.25) is 5.91 Å². The second-order valence-electron chi connectivity index (χ2n) is 5.21. The topological polar surface area (TPSA) is 74.3 Å². The van der Waals surface area contributed by atoms with Crippen LogP contribution in [0.2, 0.25) is 0 Å². The van der Waals surface area contributed by atoms with Crippen LogP contribution >= 0.6 is 0 Å². The Kier molecular flexibility index (Phi) is 3.92. The third kappa shape index (κ3) is 2.59. The van der Waals surface area contributed by atoms with Crippen LogP contribution in [-0.2, 0) is 4.79 Å². The smallest absolute Gasteiger partial charge is 0.273 e. The normalized spacial score (nSPS) is 17.6. The molecule has 2 amide bonds. The Morgan fingerprint density at radius 2 is 2.25 bits per heavy atom. The van der Waals surface area contributed by atoms with Gasteiger partial charge >= 0.3 is 0 Å². The van der Waals surface area contributed by atoms with Gasteiger partial charge in [-0.3, -0.25) is 9.59 Å². The molecule has 0 bridgehead atoms. The second kappa shape index (κ2) is 5.48. The highest BCUT2D eigenvalue weighted by molar-refractivity contribution is 5.98. The molecule has 1 aliphatic heterocycles. The number of hydrogen-bond donors (Lipinski definition) is 2. The molecule has 0 spiro atoms. The van der Waals surface area contributed by atoms with Crippen molar-refractivity contribution in [1.29, 1.82) is 0 Å². The summed E-state index contributed by atoms with van der Waals surface area (Å²) in [5.74, 6) is 0.308. The molecule has 0 atom stereocenters. The summed E-state index contributed by atoms with van der Waals surface area (Å²) < 4.78 is 0. The monoisotopic (exact) mass is 276 g/mol. The third-order valence-electron chi connectivity index (χ3n) is 3.42. The van der Waals surface area contributed by atoms with Crippen molar-refractivity contribution >= 4 is 17.6 Å². The van der Waals surface area contributed by atoms with E-state index in [1.54, 1.807) is 30.9 Å². The number of rotatable bonds is 3. The van der Waals surface area contributed by atoms with Crippen molar-refractivity contribution < 1.29 is 9.59 Å². The van der Waals surface area contributed by atoms with Crippen molar-refractivity contribution in [3.63, 3.8) is 0 Å². The van der Waals surface area contributed by atoms with Gasteiger partial charge in [-0.25, -0.2) is 4.98 Å². The zero-order valence-electron chi connectivity index (χ0n) is 12.1. The maximum absolute atomic E-state index is 12.6. The lowest BCUT2D eigenvalue weighted by atomic mass is 9.98. The molecule has 6 nitrogen and oxygen atoms in total. The van der Waals surface area contributed by atoms with Crippen LogP contribution in [0.25, 0.3) is 0 Å². The largest absolute Gasteiger partial charge is 0.370 e. The van der Waals surface area contributed by atoms with E-state index in [0.29, 0.717) is 24.6 Å². The van der Waals surface area contributed by atoms with E-state index in [4.69, 9.17) is 0 Å². The Labute approximate surface area is 118 Å². The Morgan fingerprint density at radius 3 is 2.95 bits per heavy atom. The minimum Gasteiger partial charge on any atom is -0.370 e. The Morgan fingerprint density at radius 1 is 1.50 bits per heavy atom. The van der Waals surface area contributed by atoms with Crippen molar-refractivity contribution in [2.45, 2.75) is 26.3 Å². The molecular weight excluding hydrogens is 256 g/mol. The van der Waals surface area contributed by atoms with Crippen LogP contribution in [0.3, 0.4) is 0 Å². The summed E-state index contributed by atoms with van der Waals surface area (Å²) in [4.78, 5) is 30.3. The number of anilines is 1. The number of hydrogen-bond acceptors (Lipinski definition) is 4. The van der Waals surface area contributed by atoms with Crippen molar-refractivity contribution in [2.24, 2.45) is 0 Å². The minimum absolute atomic E-state index is 0.139. The lowest BCUT2D eigenvalue weighted by Crippen LogP contribution is -2.63. The third-order valence-corrected chi connectivity index (χ3v) is 3.42. The highest BCUT2D eigenvalue weighted by Gasteiger charge is 2.41. The van der Waals surface area contributed by atoms with Gasteiger partial charge in [0.1, 0.15) is 17.1 Å². The number of carbonyl (C=O) groups excluding carboxylic acids is 2. The molecule has 20 heavy (non-hydrogen) atoms.